The molecule has 5 heteroatoms. The van der Waals surface area contributed by atoms with Gasteiger partial charge in [-0.2, -0.15) is 15.8 Å². The normalized spacial score (nSPS) is 11.1. The minimum absolute atomic E-state index is 0.577. The van der Waals surface area contributed by atoms with Crippen molar-refractivity contribution >= 4 is 43.6 Å². The maximum Gasteiger partial charge on any atom is 0.101 e. The number of rotatable bonds is 4. The fourth-order valence-electron chi connectivity index (χ4n) is 7.44. The van der Waals surface area contributed by atoms with Crippen molar-refractivity contribution in [3.8, 4) is 51.8 Å². The molecule has 0 saturated heterocycles. The summed E-state index contributed by atoms with van der Waals surface area (Å²) in [5.41, 5.74) is 11.5. The van der Waals surface area contributed by atoms with Gasteiger partial charge in [-0.1, -0.05) is 91.0 Å². The number of nitriles is 3. The number of nitrogens with zero attached hydrogens (tertiary/aromatic N) is 5. The van der Waals surface area contributed by atoms with Crippen molar-refractivity contribution in [2.45, 2.75) is 0 Å². The van der Waals surface area contributed by atoms with Crippen molar-refractivity contribution in [1.29, 1.82) is 15.8 Å². The third-order valence-electron chi connectivity index (χ3n) is 9.63. The summed E-state index contributed by atoms with van der Waals surface area (Å²) in [6, 6.07) is 57.9. The first-order chi connectivity index (χ1) is 24.7. The van der Waals surface area contributed by atoms with Crippen molar-refractivity contribution in [1.82, 2.24) is 9.13 Å². The molecule has 0 aliphatic rings. The molecular weight excluding hydrogens is 611 g/mol. The van der Waals surface area contributed by atoms with Crippen LogP contribution in [0, 0.1) is 34.0 Å². The predicted octanol–water partition coefficient (Wildman–Crippen LogP) is 10.8. The van der Waals surface area contributed by atoms with E-state index < -0.39 is 0 Å². The molecule has 0 bridgehead atoms. The Balaban J connectivity index is 1.18. The van der Waals surface area contributed by atoms with Crippen LogP contribution in [0.4, 0.5) is 0 Å². The quantitative estimate of drug-likeness (QED) is 0.193. The summed E-state index contributed by atoms with van der Waals surface area (Å²) < 4.78 is 4.33. The zero-order chi connectivity index (χ0) is 33.8. The molecule has 230 valence electrons. The molecule has 0 atom stereocenters. The average molecular weight is 636 g/mol. The van der Waals surface area contributed by atoms with Gasteiger partial charge < -0.3 is 9.13 Å². The molecule has 0 fully saturated rings. The topological polar surface area (TPSA) is 81.2 Å². The SMILES string of the molecule is N#Cc1ccc2c(c1)c1cccc(C#N)c1n2-c1ccc(-c2cccc(-c3cccc(C#N)c3-n3c4ccccc4c4ccccc43)c2)cc1. The summed E-state index contributed by atoms with van der Waals surface area (Å²) in [4.78, 5) is 0. The highest BCUT2D eigenvalue weighted by Gasteiger charge is 2.19. The minimum atomic E-state index is 0.577. The Labute approximate surface area is 287 Å². The lowest BCUT2D eigenvalue weighted by atomic mass is 9.96. The first kappa shape index (κ1) is 28.8. The number of hydrogen-bond acceptors (Lipinski definition) is 3. The van der Waals surface area contributed by atoms with Crippen LogP contribution in [0.15, 0.2) is 152 Å². The Hall–Kier alpha value is -7.39. The number of para-hydroxylation sites is 4. The van der Waals surface area contributed by atoms with Gasteiger partial charge >= 0.3 is 0 Å². The average Bonchev–Trinajstić information content (AvgIpc) is 3.70. The maximum atomic E-state index is 10.4. The second-order valence-electron chi connectivity index (χ2n) is 12.3. The maximum absolute atomic E-state index is 10.4. The van der Waals surface area contributed by atoms with Gasteiger partial charge in [0.2, 0.25) is 0 Å². The predicted molar refractivity (Wildman–Crippen MR) is 200 cm³/mol. The van der Waals surface area contributed by atoms with E-state index in [0.717, 1.165) is 77.2 Å². The van der Waals surface area contributed by atoms with Crippen LogP contribution in [-0.2, 0) is 0 Å². The molecule has 2 heterocycles. The van der Waals surface area contributed by atoms with E-state index in [9.17, 15) is 15.8 Å². The van der Waals surface area contributed by atoms with E-state index >= 15 is 0 Å². The fraction of sp³-hybridized carbons (Fsp3) is 0. The van der Waals surface area contributed by atoms with Gasteiger partial charge in [0, 0.05) is 32.8 Å². The van der Waals surface area contributed by atoms with Crippen molar-refractivity contribution in [2.75, 3.05) is 0 Å². The third-order valence-corrected chi connectivity index (χ3v) is 9.63. The Kier molecular flexibility index (Phi) is 6.56. The minimum Gasteiger partial charge on any atom is -0.308 e. The van der Waals surface area contributed by atoms with Crippen LogP contribution in [0.25, 0.3) is 77.2 Å². The van der Waals surface area contributed by atoms with Gasteiger partial charge in [-0.05, 0) is 77.4 Å². The summed E-state index contributed by atoms with van der Waals surface area (Å²) in [6.07, 6.45) is 0. The number of hydrogen-bond donors (Lipinski definition) is 0. The molecule has 0 saturated carbocycles. The molecule has 0 spiro atoms. The van der Waals surface area contributed by atoms with Crippen LogP contribution in [0.2, 0.25) is 0 Å². The Morgan fingerprint density at radius 1 is 0.400 bits per heavy atom. The highest BCUT2D eigenvalue weighted by molar-refractivity contribution is 6.12. The highest BCUT2D eigenvalue weighted by atomic mass is 15.0. The Morgan fingerprint density at radius 3 is 1.74 bits per heavy atom. The first-order valence-corrected chi connectivity index (χ1v) is 16.3. The summed E-state index contributed by atoms with van der Waals surface area (Å²) in [5.74, 6) is 0. The van der Waals surface area contributed by atoms with Gasteiger partial charge in [0.15, 0.2) is 0 Å². The lowest BCUT2D eigenvalue weighted by Gasteiger charge is -2.16. The van der Waals surface area contributed by atoms with E-state index in [1.54, 1.807) is 0 Å². The second-order valence-corrected chi connectivity index (χ2v) is 12.3. The smallest absolute Gasteiger partial charge is 0.101 e. The molecule has 0 radical (unpaired) electrons. The third kappa shape index (κ3) is 4.31. The van der Waals surface area contributed by atoms with Crippen molar-refractivity contribution < 1.29 is 0 Å². The molecule has 50 heavy (non-hydrogen) atoms. The van der Waals surface area contributed by atoms with E-state index in [1.165, 1.54) is 0 Å². The summed E-state index contributed by atoms with van der Waals surface area (Å²) >= 11 is 0. The summed E-state index contributed by atoms with van der Waals surface area (Å²) in [6.45, 7) is 0. The monoisotopic (exact) mass is 635 g/mol. The van der Waals surface area contributed by atoms with Gasteiger partial charge in [-0.25, -0.2) is 0 Å². The van der Waals surface area contributed by atoms with E-state index in [2.05, 4.69) is 118 Å². The lowest BCUT2D eigenvalue weighted by molar-refractivity contribution is 1.17. The number of fused-ring (bicyclic) bond motifs is 6. The van der Waals surface area contributed by atoms with Gasteiger partial charge in [-0.3, -0.25) is 0 Å². The standard InChI is InChI=1S/C45H25N5/c46-26-29-18-23-43-40(24-29)39-15-7-11-34(28-48)45(39)49(43)35-21-19-30(20-22-35)31-8-5-9-32(25-31)36-14-6-10-33(27-47)44(36)50-41-16-3-1-12-37(41)38-13-2-4-17-42(38)50/h1-25H. The van der Waals surface area contributed by atoms with Gasteiger partial charge in [0.25, 0.3) is 0 Å². The molecule has 0 aliphatic heterocycles. The number of benzene rings is 7. The number of aromatic nitrogens is 2. The van der Waals surface area contributed by atoms with Crippen molar-refractivity contribution in [3.63, 3.8) is 0 Å². The fourth-order valence-corrected chi connectivity index (χ4v) is 7.44. The molecule has 7 aromatic carbocycles. The van der Waals surface area contributed by atoms with Crippen molar-refractivity contribution in [2.24, 2.45) is 0 Å². The lowest BCUT2D eigenvalue weighted by Crippen LogP contribution is -2.01. The van der Waals surface area contributed by atoms with Crippen LogP contribution in [-0.4, -0.2) is 9.13 Å². The molecule has 9 rings (SSSR count). The molecule has 0 aliphatic carbocycles. The second kappa shape index (κ2) is 11.4. The zero-order valence-electron chi connectivity index (χ0n) is 26.7. The molecular formula is C45H25N5. The van der Waals surface area contributed by atoms with Gasteiger partial charge in [0.05, 0.1) is 50.5 Å². The summed E-state index contributed by atoms with van der Waals surface area (Å²) in [5, 5.41) is 34.1. The van der Waals surface area contributed by atoms with Crippen LogP contribution >= 0.6 is 0 Å². The van der Waals surface area contributed by atoms with E-state index in [-0.39, 0.29) is 0 Å². The first-order valence-electron chi connectivity index (χ1n) is 16.3. The van der Waals surface area contributed by atoms with Crippen LogP contribution in [0.1, 0.15) is 16.7 Å². The van der Waals surface area contributed by atoms with E-state index in [0.29, 0.717) is 16.7 Å². The molecule has 0 amide bonds. The van der Waals surface area contributed by atoms with E-state index in [1.807, 2.05) is 60.7 Å². The van der Waals surface area contributed by atoms with E-state index in [4.69, 9.17) is 0 Å². The Morgan fingerprint density at radius 2 is 1.02 bits per heavy atom. The van der Waals surface area contributed by atoms with Gasteiger partial charge in [0.1, 0.15) is 12.1 Å². The summed E-state index contributed by atoms with van der Waals surface area (Å²) in [7, 11) is 0. The van der Waals surface area contributed by atoms with Crippen molar-refractivity contribution in [3.05, 3.63) is 168 Å². The largest absolute Gasteiger partial charge is 0.308 e. The van der Waals surface area contributed by atoms with Gasteiger partial charge in [-0.15, -0.1) is 0 Å². The molecule has 2 aromatic heterocycles. The molecule has 0 unspecified atom stereocenters. The highest BCUT2D eigenvalue weighted by Crippen LogP contribution is 2.39. The molecule has 9 aromatic rings. The van der Waals surface area contributed by atoms with Crippen LogP contribution in [0.5, 0.6) is 0 Å². The zero-order valence-corrected chi connectivity index (χ0v) is 26.7. The molecule has 5 nitrogen and oxygen atoms in total. The Bertz CT molecular complexity index is 2900. The van der Waals surface area contributed by atoms with Crippen LogP contribution in [0.3, 0.4) is 0 Å². The molecule has 0 N–H and O–H groups in total. The van der Waals surface area contributed by atoms with Crippen LogP contribution < -0.4 is 0 Å².